The van der Waals surface area contributed by atoms with Crippen LogP contribution in [0.1, 0.15) is 26.3 Å². The molecular formula is C18H25NO4. The Morgan fingerprint density at radius 2 is 2.17 bits per heavy atom. The number of amides is 1. The minimum Gasteiger partial charge on any atom is -0.493 e. The van der Waals surface area contributed by atoms with E-state index >= 15 is 0 Å². The zero-order valence-electron chi connectivity index (χ0n) is 14.2. The first-order chi connectivity index (χ1) is 11.0. The standard InChI is InChI=1S/C18H25NO4/c1-5-22-16-8-6-15(10-17(16)21-4)7-9-18(20)19-11-14(3)23-12-13(19)2/h6-10,13-14H,5,11-12H2,1-4H3/b9-7+. The summed E-state index contributed by atoms with van der Waals surface area (Å²) in [7, 11) is 1.60. The average molecular weight is 319 g/mol. The predicted octanol–water partition coefficient (Wildman–Crippen LogP) is 2.74. The molecule has 0 aromatic heterocycles. The van der Waals surface area contributed by atoms with Crippen LogP contribution in [0.3, 0.4) is 0 Å². The molecule has 1 amide bonds. The van der Waals surface area contributed by atoms with Crippen molar-refractivity contribution in [3.8, 4) is 11.5 Å². The molecule has 2 rings (SSSR count). The Morgan fingerprint density at radius 1 is 1.39 bits per heavy atom. The van der Waals surface area contributed by atoms with Crippen molar-refractivity contribution in [1.82, 2.24) is 4.90 Å². The maximum atomic E-state index is 12.4. The van der Waals surface area contributed by atoms with Crippen LogP contribution in [-0.2, 0) is 9.53 Å². The van der Waals surface area contributed by atoms with Crippen molar-refractivity contribution in [2.75, 3.05) is 26.9 Å². The van der Waals surface area contributed by atoms with Crippen molar-refractivity contribution < 1.29 is 19.0 Å². The van der Waals surface area contributed by atoms with Gasteiger partial charge in [0, 0.05) is 12.6 Å². The molecule has 126 valence electrons. The van der Waals surface area contributed by atoms with Gasteiger partial charge in [-0.15, -0.1) is 0 Å². The van der Waals surface area contributed by atoms with Crippen LogP contribution < -0.4 is 9.47 Å². The Balaban J connectivity index is 2.08. The van der Waals surface area contributed by atoms with Gasteiger partial charge in [0.05, 0.1) is 32.5 Å². The van der Waals surface area contributed by atoms with Crippen LogP contribution in [0, 0.1) is 0 Å². The lowest BCUT2D eigenvalue weighted by molar-refractivity contribution is -0.137. The third-order valence-electron chi connectivity index (χ3n) is 3.80. The molecule has 1 aliphatic rings. The Kier molecular flexibility index (Phi) is 6.04. The fourth-order valence-electron chi connectivity index (χ4n) is 2.54. The molecule has 5 heteroatoms. The van der Waals surface area contributed by atoms with Gasteiger partial charge < -0.3 is 19.1 Å². The number of hydrogen-bond acceptors (Lipinski definition) is 4. The van der Waals surface area contributed by atoms with Crippen LogP contribution in [0.25, 0.3) is 6.08 Å². The van der Waals surface area contributed by atoms with Crippen LogP contribution in [0.15, 0.2) is 24.3 Å². The van der Waals surface area contributed by atoms with E-state index in [1.165, 1.54) is 0 Å². The van der Waals surface area contributed by atoms with E-state index in [0.29, 0.717) is 31.3 Å². The van der Waals surface area contributed by atoms with E-state index < -0.39 is 0 Å². The molecule has 0 saturated carbocycles. The molecule has 0 spiro atoms. The van der Waals surface area contributed by atoms with Crippen molar-refractivity contribution in [2.45, 2.75) is 32.9 Å². The molecule has 2 atom stereocenters. The van der Waals surface area contributed by atoms with Crippen LogP contribution in [0.5, 0.6) is 11.5 Å². The van der Waals surface area contributed by atoms with Gasteiger partial charge in [-0.1, -0.05) is 6.07 Å². The van der Waals surface area contributed by atoms with Crippen LogP contribution in [0.2, 0.25) is 0 Å². The van der Waals surface area contributed by atoms with Gasteiger partial charge in [-0.2, -0.15) is 0 Å². The molecule has 1 heterocycles. The highest BCUT2D eigenvalue weighted by atomic mass is 16.5. The molecule has 1 saturated heterocycles. The summed E-state index contributed by atoms with van der Waals surface area (Å²) in [5, 5.41) is 0. The Hall–Kier alpha value is -2.01. The number of morpholine rings is 1. The van der Waals surface area contributed by atoms with Crippen molar-refractivity contribution in [1.29, 1.82) is 0 Å². The summed E-state index contributed by atoms with van der Waals surface area (Å²) < 4.78 is 16.4. The first-order valence-corrected chi connectivity index (χ1v) is 7.96. The van der Waals surface area contributed by atoms with Gasteiger partial charge in [0.15, 0.2) is 11.5 Å². The van der Waals surface area contributed by atoms with E-state index in [-0.39, 0.29) is 18.1 Å². The summed E-state index contributed by atoms with van der Waals surface area (Å²) in [4.78, 5) is 14.2. The molecule has 0 bridgehead atoms. The molecule has 1 aliphatic heterocycles. The zero-order valence-corrected chi connectivity index (χ0v) is 14.2. The predicted molar refractivity (Wildman–Crippen MR) is 89.8 cm³/mol. The summed E-state index contributed by atoms with van der Waals surface area (Å²) in [5.74, 6) is 1.37. The second-order valence-electron chi connectivity index (χ2n) is 5.66. The quantitative estimate of drug-likeness (QED) is 0.783. The van der Waals surface area contributed by atoms with Gasteiger partial charge in [-0.3, -0.25) is 4.79 Å². The summed E-state index contributed by atoms with van der Waals surface area (Å²) in [6.07, 6.45) is 3.48. The lowest BCUT2D eigenvalue weighted by atomic mass is 10.1. The minimum atomic E-state index is 0.000464. The third kappa shape index (κ3) is 4.48. The molecule has 0 aliphatic carbocycles. The van der Waals surface area contributed by atoms with Crippen molar-refractivity contribution in [3.05, 3.63) is 29.8 Å². The highest BCUT2D eigenvalue weighted by Crippen LogP contribution is 2.28. The van der Waals surface area contributed by atoms with E-state index in [9.17, 15) is 4.79 Å². The molecule has 0 N–H and O–H groups in total. The number of hydrogen-bond donors (Lipinski definition) is 0. The van der Waals surface area contributed by atoms with Gasteiger partial charge in [-0.25, -0.2) is 0 Å². The smallest absolute Gasteiger partial charge is 0.246 e. The summed E-state index contributed by atoms with van der Waals surface area (Å²) >= 11 is 0. The first kappa shape index (κ1) is 17.3. The highest BCUT2D eigenvalue weighted by molar-refractivity contribution is 5.92. The number of rotatable bonds is 5. The monoisotopic (exact) mass is 319 g/mol. The summed E-state index contributed by atoms with van der Waals surface area (Å²) in [6.45, 7) is 7.69. The van der Waals surface area contributed by atoms with E-state index in [0.717, 1.165) is 5.56 Å². The lowest BCUT2D eigenvalue weighted by Gasteiger charge is -2.36. The van der Waals surface area contributed by atoms with Crippen LogP contribution in [-0.4, -0.2) is 49.8 Å². The number of carbonyl (C=O) groups excluding carboxylic acids is 1. The number of methoxy groups -OCH3 is 1. The summed E-state index contributed by atoms with van der Waals surface area (Å²) in [5.41, 5.74) is 0.896. The second-order valence-corrected chi connectivity index (χ2v) is 5.66. The van der Waals surface area contributed by atoms with Crippen LogP contribution in [0.4, 0.5) is 0 Å². The maximum Gasteiger partial charge on any atom is 0.246 e. The number of ether oxygens (including phenoxy) is 3. The van der Waals surface area contributed by atoms with Gasteiger partial charge in [0.2, 0.25) is 5.91 Å². The molecule has 2 unspecified atom stereocenters. The van der Waals surface area contributed by atoms with Gasteiger partial charge in [0.1, 0.15) is 0 Å². The molecular weight excluding hydrogens is 294 g/mol. The lowest BCUT2D eigenvalue weighted by Crippen LogP contribution is -2.49. The number of carbonyl (C=O) groups is 1. The Bertz CT molecular complexity index is 570. The van der Waals surface area contributed by atoms with E-state index in [4.69, 9.17) is 14.2 Å². The highest BCUT2D eigenvalue weighted by Gasteiger charge is 2.25. The van der Waals surface area contributed by atoms with Crippen molar-refractivity contribution in [3.63, 3.8) is 0 Å². The maximum absolute atomic E-state index is 12.4. The third-order valence-corrected chi connectivity index (χ3v) is 3.80. The van der Waals surface area contributed by atoms with Crippen molar-refractivity contribution in [2.24, 2.45) is 0 Å². The normalized spacial score (nSPS) is 21.5. The molecule has 0 radical (unpaired) electrons. The number of benzene rings is 1. The molecule has 1 aromatic carbocycles. The van der Waals surface area contributed by atoms with E-state index in [2.05, 4.69) is 0 Å². The van der Waals surface area contributed by atoms with E-state index in [1.54, 1.807) is 19.3 Å². The molecule has 5 nitrogen and oxygen atoms in total. The zero-order chi connectivity index (χ0) is 16.8. The van der Waals surface area contributed by atoms with E-state index in [1.807, 2.05) is 43.9 Å². The SMILES string of the molecule is CCOc1ccc(/C=C/C(=O)N2CC(C)OCC2C)cc1OC. The Morgan fingerprint density at radius 3 is 2.87 bits per heavy atom. The minimum absolute atomic E-state index is 0.000464. The Labute approximate surface area is 137 Å². The molecule has 23 heavy (non-hydrogen) atoms. The molecule has 1 fully saturated rings. The van der Waals surface area contributed by atoms with Crippen LogP contribution >= 0.6 is 0 Å². The summed E-state index contributed by atoms with van der Waals surface area (Å²) in [6, 6.07) is 5.72. The molecule has 1 aromatic rings. The second kappa shape index (κ2) is 8.02. The average Bonchev–Trinajstić information content (AvgIpc) is 2.56. The largest absolute Gasteiger partial charge is 0.493 e. The van der Waals surface area contributed by atoms with Gasteiger partial charge >= 0.3 is 0 Å². The topological polar surface area (TPSA) is 48.0 Å². The number of nitrogens with zero attached hydrogens (tertiary/aromatic N) is 1. The fourth-order valence-corrected chi connectivity index (χ4v) is 2.54. The van der Waals surface area contributed by atoms with Gasteiger partial charge in [0.25, 0.3) is 0 Å². The van der Waals surface area contributed by atoms with Crippen molar-refractivity contribution >= 4 is 12.0 Å². The van der Waals surface area contributed by atoms with Gasteiger partial charge in [-0.05, 0) is 44.5 Å². The fraction of sp³-hybridized carbons (Fsp3) is 0.500. The first-order valence-electron chi connectivity index (χ1n) is 7.96.